The van der Waals surface area contributed by atoms with Gasteiger partial charge in [0.05, 0.1) is 22.6 Å². The SMILES string of the molecule is C=CC(=O)C(C)(C)C(C)(C)Oc1ccc(C(=O)Oc2ccc(OC(=O)c3ccc(OC(C)C)cc3)c(C)c2)cc1. The van der Waals surface area contributed by atoms with E-state index in [1.807, 2.05) is 27.7 Å². The maximum absolute atomic E-state index is 12.7. The summed E-state index contributed by atoms with van der Waals surface area (Å²) in [4.78, 5) is 37.6. The van der Waals surface area contributed by atoms with E-state index in [0.29, 0.717) is 39.7 Å². The first-order chi connectivity index (χ1) is 18.7. The van der Waals surface area contributed by atoms with Gasteiger partial charge in [-0.3, -0.25) is 4.79 Å². The van der Waals surface area contributed by atoms with Crippen molar-refractivity contribution >= 4 is 17.7 Å². The van der Waals surface area contributed by atoms with Crippen LogP contribution in [0.5, 0.6) is 23.0 Å². The van der Waals surface area contributed by atoms with Crippen molar-refractivity contribution in [3.05, 3.63) is 96.1 Å². The van der Waals surface area contributed by atoms with Gasteiger partial charge in [0.25, 0.3) is 0 Å². The second-order valence-corrected chi connectivity index (χ2v) is 10.7. The van der Waals surface area contributed by atoms with Gasteiger partial charge < -0.3 is 18.9 Å². The Kier molecular flexibility index (Phi) is 9.20. The summed E-state index contributed by atoms with van der Waals surface area (Å²) >= 11 is 0. The molecule has 0 aliphatic rings. The van der Waals surface area contributed by atoms with Gasteiger partial charge in [-0.15, -0.1) is 0 Å². The van der Waals surface area contributed by atoms with Crippen molar-refractivity contribution in [3.63, 3.8) is 0 Å². The Labute approximate surface area is 235 Å². The highest BCUT2D eigenvalue weighted by Gasteiger charge is 2.43. The van der Waals surface area contributed by atoms with Crippen molar-refractivity contribution in [2.75, 3.05) is 0 Å². The average Bonchev–Trinajstić information content (AvgIpc) is 2.89. The second kappa shape index (κ2) is 12.2. The molecular formula is C33H36O7. The van der Waals surface area contributed by atoms with Crippen LogP contribution in [0.1, 0.15) is 67.8 Å². The van der Waals surface area contributed by atoms with Gasteiger partial charge in [-0.05, 0) is 127 Å². The van der Waals surface area contributed by atoms with E-state index in [2.05, 4.69) is 6.58 Å². The van der Waals surface area contributed by atoms with Crippen LogP contribution in [0, 0.1) is 12.3 Å². The summed E-state index contributed by atoms with van der Waals surface area (Å²) in [6, 6.07) is 18.0. The molecule has 0 aliphatic carbocycles. The van der Waals surface area contributed by atoms with Gasteiger partial charge in [0, 0.05) is 0 Å². The van der Waals surface area contributed by atoms with Gasteiger partial charge in [-0.1, -0.05) is 6.58 Å². The predicted molar refractivity (Wildman–Crippen MR) is 153 cm³/mol. The number of rotatable bonds is 11. The van der Waals surface area contributed by atoms with Crippen LogP contribution in [-0.4, -0.2) is 29.4 Å². The number of allylic oxidation sites excluding steroid dienone is 1. The number of ether oxygens (including phenoxy) is 4. The van der Waals surface area contributed by atoms with E-state index in [1.165, 1.54) is 6.08 Å². The third-order valence-corrected chi connectivity index (χ3v) is 6.79. The largest absolute Gasteiger partial charge is 0.491 e. The molecule has 3 aromatic rings. The molecule has 0 aromatic heterocycles. The van der Waals surface area contributed by atoms with E-state index in [9.17, 15) is 14.4 Å². The van der Waals surface area contributed by atoms with Crippen LogP contribution in [0.15, 0.2) is 79.4 Å². The molecule has 0 N–H and O–H groups in total. The molecular weight excluding hydrogens is 508 g/mol. The Morgan fingerprint density at radius 3 is 1.75 bits per heavy atom. The number of carbonyl (C=O) groups excluding carboxylic acids is 3. The summed E-state index contributed by atoms with van der Waals surface area (Å²) in [6.07, 6.45) is 1.33. The number of ketones is 1. The highest BCUT2D eigenvalue weighted by molar-refractivity contribution is 5.95. The van der Waals surface area contributed by atoms with Crippen LogP contribution in [0.3, 0.4) is 0 Å². The summed E-state index contributed by atoms with van der Waals surface area (Å²) in [5.74, 6) is 0.657. The smallest absolute Gasteiger partial charge is 0.343 e. The zero-order valence-electron chi connectivity index (χ0n) is 24.1. The minimum Gasteiger partial charge on any atom is -0.491 e. The molecule has 40 heavy (non-hydrogen) atoms. The summed E-state index contributed by atoms with van der Waals surface area (Å²) in [6.45, 7) is 16.5. The number of carbonyl (C=O) groups is 3. The predicted octanol–water partition coefficient (Wildman–Crippen LogP) is 7.16. The fourth-order valence-electron chi connectivity index (χ4n) is 3.70. The minimum atomic E-state index is -0.825. The van der Waals surface area contributed by atoms with Gasteiger partial charge in [0.1, 0.15) is 28.6 Å². The van der Waals surface area contributed by atoms with Crippen LogP contribution in [-0.2, 0) is 4.79 Å². The van der Waals surface area contributed by atoms with Crippen LogP contribution in [0.2, 0.25) is 0 Å². The lowest BCUT2D eigenvalue weighted by Gasteiger charge is -2.39. The summed E-state index contributed by atoms with van der Waals surface area (Å²) in [5.41, 5.74) is -0.296. The quantitative estimate of drug-likeness (QED) is 0.144. The monoisotopic (exact) mass is 544 g/mol. The zero-order chi connectivity index (χ0) is 29.7. The molecule has 3 rings (SSSR count). The van der Waals surface area contributed by atoms with E-state index in [0.717, 1.165) is 0 Å². The Balaban J connectivity index is 1.63. The Morgan fingerprint density at radius 1 is 0.750 bits per heavy atom. The normalized spacial score (nSPS) is 11.5. The van der Waals surface area contributed by atoms with Gasteiger partial charge in [-0.25, -0.2) is 9.59 Å². The molecule has 0 spiro atoms. The van der Waals surface area contributed by atoms with Crippen molar-refractivity contribution in [1.82, 2.24) is 0 Å². The molecule has 0 saturated heterocycles. The fraction of sp³-hybridized carbons (Fsp3) is 0.303. The van der Waals surface area contributed by atoms with Crippen molar-refractivity contribution in [1.29, 1.82) is 0 Å². The standard InChI is InChI=1S/C33H36O7/c1-9-29(34)32(5,6)33(7,8)40-26-16-12-23(13-17-26)30(35)38-27-18-19-28(22(4)20-27)39-31(36)24-10-14-25(15-11-24)37-21(2)3/h9-21H,1H2,2-8H3. The number of hydrogen-bond donors (Lipinski definition) is 0. The summed E-state index contributed by atoms with van der Waals surface area (Å²) < 4.78 is 22.7. The summed E-state index contributed by atoms with van der Waals surface area (Å²) in [7, 11) is 0. The van der Waals surface area contributed by atoms with Crippen molar-refractivity contribution in [2.24, 2.45) is 5.41 Å². The third-order valence-electron chi connectivity index (χ3n) is 6.79. The van der Waals surface area contributed by atoms with Crippen LogP contribution in [0.25, 0.3) is 0 Å². The molecule has 0 fully saturated rings. The van der Waals surface area contributed by atoms with Gasteiger partial charge in [-0.2, -0.15) is 0 Å². The third kappa shape index (κ3) is 7.17. The first kappa shape index (κ1) is 30.2. The van der Waals surface area contributed by atoms with Crippen LogP contribution >= 0.6 is 0 Å². The zero-order valence-corrected chi connectivity index (χ0v) is 24.1. The molecule has 0 bridgehead atoms. The first-order valence-corrected chi connectivity index (χ1v) is 13.0. The van der Waals surface area contributed by atoms with Gasteiger partial charge >= 0.3 is 11.9 Å². The van der Waals surface area contributed by atoms with Gasteiger partial charge in [0.15, 0.2) is 5.78 Å². The minimum absolute atomic E-state index is 0.0342. The lowest BCUT2D eigenvalue weighted by Crippen LogP contribution is -2.48. The highest BCUT2D eigenvalue weighted by Crippen LogP contribution is 2.36. The number of esters is 2. The van der Waals surface area contributed by atoms with E-state index in [1.54, 1.807) is 87.5 Å². The number of benzene rings is 3. The number of hydrogen-bond acceptors (Lipinski definition) is 7. The first-order valence-electron chi connectivity index (χ1n) is 13.0. The second-order valence-electron chi connectivity index (χ2n) is 10.7. The van der Waals surface area contributed by atoms with E-state index in [-0.39, 0.29) is 11.9 Å². The molecule has 0 unspecified atom stereocenters. The van der Waals surface area contributed by atoms with E-state index < -0.39 is 23.0 Å². The molecule has 0 atom stereocenters. The maximum atomic E-state index is 12.7. The maximum Gasteiger partial charge on any atom is 0.343 e. The topological polar surface area (TPSA) is 88.1 Å². The van der Waals surface area contributed by atoms with Crippen molar-refractivity contribution in [2.45, 2.75) is 60.2 Å². The molecule has 210 valence electrons. The summed E-state index contributed by atoms with van der Waals surface area (Å²) in [5, 5.41) is 0. The fourth-order valence-corrected chi connectivity index (χ4v) is 3.70. The highest BCUT2D eigenvalue weighted by atomic mass is 16.5. The molecule has 7 nitrogen and oxygen atoms in total. The lowest BCUT2D eigenvalue weighted by molar-refractivity contribution is -0.132. The average molecular weight is 545 g/mol. The molecule has 0 heterocycles. The van der Waals surface area contributed by atoms with Crippen LogP contribution in [0.4, 0.5) is 0 Å². The molecule has 3 aromatic carbocycles. The molecule has 0 aliphatic heterocycles. The van der Waals surface area contributed by atoms with Crippen molar-refractivity contribution < 1.29 is 33.3 Å². The molecule has 0 radical (unpaired) electrons. The number of aryl methyl sites for hydroxylation is 1. The van der Waals surface area contributed by atoms with E-state index >= 15 is 0 Å². The Bertz CT molecular complexity index is 1380. The lowest BCUT2D eigenvalue weighted by atomic mass is 9.73. The Morgan fingerprint density at radius 2 is 1.25 bits per heavy atom. The Hall–Kier alpha value is -4.39. The van der Waals surface area contributed by atoms with Crippen LogP contribution < -0.4 is 18.9 Å². The molecule has 0 saturated carbocycles. The van der Waals surface area contributed by atoms with E-state index in [4.69, 9.17) is 18.9 Å². The molecule has 7 heteroatoms. The molecule has 0 amide bonds. The van der Waals surface area contributed by atoms with Crippen molar-refractivity contribution in [3.8, 4) is 23.0 Å². The van der Waals surface area contributed by atoms with Gasteiger partial charge in [0.2, 0.25) is 0 Å².